The molecule has 0 heterocycles. The lowest BCUT2D eigenvalue weighted by Crippen LogP contribution is -1.96. The highest BCUT2D eigenvalue weighted by Crippen LogP contribution is 2.37. The fourth-order valence-corrected chi connectivity index (χ4v) is 2.79. The van der Waals surface area contributed by atoms with Crippen molar-refractivity contribution in [2.24, 2.45) is 0 Å². The normalized spacial score (nSPS) is 10.7. The largest absolute Gasteiger partial charge is 0.398 e. The number of benzene rings is 2. The van der Waals surface area contributed by atoms with Gasteiger partial charge in [-0.25, -0.2) is 4.39 Å². The van der Waals surface area contributed by atoms with Crippen LogP contribution in [0.4, 0.5) is 10.1 Å². The van der Waals surface area contributed by atoms with Crippen LogP contribution in [0.3, 0.4) is 0 Å². The third kappa shape index (κ3) is 3.07. The first-order valence-electron chi connectivity index (χ1n) is 5.71. The Bertz CT molecular complexity index is 590. The van der Waals surface area contributed by atoms with Crippen LogP contribution >= 0.6 is 11.8 Å². The molecule has 100 valence electrons. The van der Waals surface area contributed by atoms with Crippen molar-refractivity contribution in [2.45, 2.75) is 23.0 Å². The molecule has 5 heteroatoms. The Morgan fingerprint density at radius 3 is 2.47 bits per heavy atom. The molecule has 0 spiro atoms. The molecular weight excluding hydrogens is 265 g/mol. The van der Waals surface area contributed by atoms with Gasteiger partial charge in [0.2, 0.25) is 0 Å². The third-order valence-electron chi connectivity index (χ3n) is 2.70. The fraction of sp³-hybridized carbons (Fsp3) is 0.143. The number of aliphatic hydroxyl groups is 2. The molecule has 2 aromatic rings. The standard InChI is InChI=1S/C14H14FNO2S/c15-11-4-5-13(10(6-11)8-18)19-14-9(7-17)2-1-3-12(14)16/h1-6,17-18H,7-8,16H2. The number of halogens is 1. The lowest BCUT2D eigenvalue weighted by Gasteiger charge is -2.12. The van der Waals surface area contributed by atoms with Gasteiger partial charge in [0, 0.05) is 15.5 Å². The Morgan fingerprint density at radius 2 is 1.79 bits per heavy atom. The number of nitrogens with two attached hydrogens (primary N) is 1. The van der Waals surface area contributed by atoms with Gasteiger partial charge in [0.15, 0.2) is 0 Å². The average molecular weight is 279 g/mol. The Morgan fingerprint density at radius 1 is 1.05 bits per heavy atom. The highest BCUT2D eigenvalue weighted by atomic mass is 32.2. The first-order chi connectivity index (χ1) is 9.15. The van der Waals surface area contributed by atoms with Crippen molar-refractivity contribution in [2.75, 3.05) is 5.73 Å². The van der Waals surface area contributed by atoms with Gasteiger partial charge in [-0.15, -0.1) is 0 Å². The van der Waals surface area contributed by atoms with Gasteiger partial charge in [0.05, 0.1) is 13.2 Å². The molecule has 4 N–H and O–H groups in total. The molecule has 0 aliphatic rings. The van der Waals surface area contributed by atoms with Crippen molar-refractivity contribution >= 4 is 17.4 Å². The van der Waals surface area contributed by atoms with Crippen LogP contribution in [0.1, 0.15) is 11.1 Å². The third-order valence-corrected chi connectivity index (χ3v) is 4.02. The molecule has 2 aromatic carbocycles. The molecule has 0 radical (unpaired) electrons. The number of rotatable bonds is 4. The number of aliphatic hydroxyl groups excluding tert-OH is 2. The Kier molecular flexibility index (Phi) is 4.42. The zero-order valence-electron chi connectivity index (χ0n) is 10.1. The summed E-state index contributed by atoms with van der Waals surface area (Å²) in [5.74, 6) is -0.392. The maximum Gasteiger partial charge on any atom is 0.123 e. The fourth-order valence-electron chi connectivity index (χ4n) is 1.73. The van der Waals surface area contributed by atoms with E-state index in [1.54, 1.807) is 24.3 Å². The lowest BCUT2D eigenvalue weighted by molar-refractivity contribution is 0.278. The minimum atomic E-state index is -0.392. The summed E-state index contributed by atoms with van der Waals surface area (Å²) in [6.45, 7) is -0.371. The van der Waals surface area contributed by atoms with Crippen molar-refractivity contribution in [3.8, 4) is 0 Å². The zero-order valence-corrected chi connectivity index (χ0v) is 11.0. The van der Waals surface area contributed by atoms with Gasteiger partial charge < -0.3 is 15.9 Å². The second kappa shape index (κ2) is 6.06. The summed E-state index contributed by atoms with van der Waals surface area (Å²) in [6, 6.07) is 9.51. The average Bonchev–Trinajstić information content (AvgIpc) is 2.42. The minimum absolute atomic E-state index is 0.122. The van der Waals surface area contributed by atoms with E-state index < -0.39 is 5.82 Å². The van der Waals surface area contributed by atoms with E-state index in [-0.39, 0.29) is 13.2 Å². The molecule has 19 heavy (non-hydrogen) atoms. The van der Waals surface area contributed by atoms with E-state index in [4.69, 9.17) is 5.73 Å². The molecule has 0 atom stereocenters. The number of hydrogen-bond donors (Lipinski definition) is 3. The quantitative estimate of drug-likeness (QED) is 0.752. The molecule has 0 aliphatic carbocycles. The topological polar surface area (TPSA) is 66.5 Å². The van der Waals surface area contributed by atoms with Crippen LogP contribution in [-0.2, 0) is 13.2 Å². The molecule has 0 fully saturated rings. The summed E-state index contributed by atoms with van der Waals surface area (Å²) in [5, 5.41) is 18.6. The highest BCUT2D eigenvalue weighted by Gasteiger charge is 2.11. The van der Waals surface area contributed by atoms with Gasteiger partial charge >= 0.3 is 0 Å². The Labute approximate surface area is 114 Å². The Balaban J connectivity index is 2.41. The lowest BCUT2D eigenvalue weighted by atomic mass is 10.2. The van der Waals surface area contributed by atoms with Crippen molar-refractivity contribution in [1.29, 1.82) is 0 Å². The molecular formula is C14H14FNO2S. The van der Waals surface area contributed by atoms with Gasteiger partial charge in [0.1, 0.15) is 5.82 Å². The van der Waals surface area contributed by atoms with E-state index in [0.29, 0.717) is 16.8 Å². The second-order valence-electron chi connectivity index (χ2n) is 4.01. The van der Waals surface area contributed by atoms with E-state index in [2.05, 4.69) is 0 Å². The number of anilines is 1. The van der Waals surface area contributed by atoms with Gasteiger partial charge in [-0.2, -0.15) is 0 Å². The predicted molar refractivity (Wildman–Crippen MR) is 73.2 cm³/mol. The first-order valence-corrected chi connectivity index (χ1v) is 6.52. The molecule has 0 aromatic heterocycles. The molecule has 0 amide bonds. The second-order valence-corrected chi connectivity index (χ2v) is 5.06. The van der Waals surface area contributed by atoms with E-state index in [9.17, 15) is 14.6 Å². The smallest absolute Gasteiger partial charge is 0.123 e. The van der Waals surface area contributed by atoms with Gasteiger partial charge in [-0.3, -0.25) is 0 Å². The van der Waals surface area contributed by atoms with E-state index in [0.717, 1.165) is 9.79 Å². The summed E-state index contributed by atoms with van der Waals surface area (Å²) < 4.78 is 13.1. The van der Waals surface area contributed by atoms with E-state index in [1.165, 1.54) is 23.9 Å². The molecule has 0 aliphatic heterocycles. The highest BCUT2D eigenvalue weighted by molar-refractivity contribution is 7.99. The van der Waals surface area contributed by atoms with Gasteiger partial charge in [-0.05, 0) is 35.4 Å². The monoisotopic (exact) mass is 279 g/mol. The summed E-state index contributed by atoms with van der Waals surface area (Å²) in [7, 11) is 0. The van der Waals surface area contributed by atoms with Crippen LogP contribution in [0.25, 0.3) is 0 Å². The zero-order chi connectivity index (χ0) is 13.8. The maximum atomic E-state index is 13.1. The van der Waals surface area contributed by atoms with E-state index in [1.807, 2.05) is 0 Å². The van der Waals surface area contributed by atoms with Gasteiger partial charge in [-0.1, -0.05) is 23.9 Å². The van der Waals surface area contributed by atoms with Crippen molar-refractivity contribution in [3.63, 3.8) is 0 Å². The van der Waals surface area contributed by atoms with Crippen molar-refractivity contribution < 1.29 is 14.6 Å². The van der Waals surface area contributed by atoms with E-state index >= 15 is 0 Å². The first kappa shape index (κ1) is 13.9. The molecule has 0 saturated heterocycles. The maximum absolute atomic E-state index is 13.1. The van der Waals surface area contributed by atoms with Crippen molar-refractivity contribution in [3.05, 3.63) is 53.3 Å². The number of hydrogen-bond acceptors (Lipinski definition) is 4. The van der Waals surface area contributed by atoms with Gasteiger partial charge in [0.25, 0.3) is 0 Å². The predicted octanol–water partition coefficient (Wildman–Crippen LogP) is 2.54. The SMILES string of the molecule is Nc1cccc(CO)c1Sc1ccc(F)cc1CO. The molecule has 0 saturated carbocycles. The Hall–Kier alpha value is -1.56. The van der Waals surface area contributed by atoms with Crippen molar-refractivity contribution in [1.82, 2.24) is 0 Å². The van der Waals surface area contributed by atoms with Crippen LogP contribution in [0.5, 0.6) is 0 Å². The molecule has 2 rings (SSSR count). The van der Waals surface area contributed by atoms with Crippen LogP contribution in [0, 0.1) is 5.82 Å². The summed E-state index contributed by atoms with van der Waals surface area (Å²) >= 11 is 1.31. The van der Waals surface area contributed by atoms with Crippen LogP contribution < -0.4 is 5.73 Å². The minimum Gasteiger partial charge on any atom is -0.398 e. The van der Waals surface area contributed by atoms with Crippen LogP contribution in [0.2, 0.25) is 0 Å². The summed E-state index contributed by atoms with van der Waals surface area (Å²) in [6.07, 6.45) is 0. The molecule has 3 nitrogen and oxygen atoms in total. The molecule has 0 unspecified atom stereocenters. The summed E-state index contributed by atoms with van der Waals surface area (Å²) in [5.41, 5.74) is 7.65. The molecule has 0 bridgehead atoms. The van der Waals surface area contributed by atoms with Crippen LogP contribution in [0.15, 0.2) is 46.2 Å². The summed E-state index contributed by atoms with van der Waals surface area (Å²) in [4.78, 5) is 1.45. The van der Waals surface area contributed by atoms with Crippen LogP contribution in [-0.4, -0.2) is 10.2 Å². The number of nitrogen functional groups attached to an aromatic ring is 1.